The van der Waals surface area contributed by atoms with Crippen LogP contribution in [-0.4, -0.2) is 24.6 Å². The quantitative estimate of drug-likeness (QED) is 0.558. The van der Waals surface area contributed by atoms with Crippen LogP contribution in [0, 0.1) is 0 Å². The number of carbonyl (C=O) groups is 1. The van der Waals surface area contributed by atoms with Crippen molar-refractivity contribution in [2.24, 2.45) is 0 Å². The molecule has 156 valence electrons. The number of aromatic nitrogens is 1. The van der Waals surface area contributed by atoms with Gasteiger partial charge >= 0.3 is 0 Å². The Morgan fingerprint density at radius 2 is 1.80 bits per heavy atom. The number of methoxy groups -OCH3 is 1. The number of amides is 1. The number of nitrogen functional groups attached to an aromatic ring is 1. The van der Waals surface area contributed by atoms with Crippen LogP contribution in [0.1, 0.15) is 28.5 Å². The standard InChI is InChI=1S/C23H25N3O4/c1-3-29-19-5-4-6-20(13-19)30-18-10-7-16(8-11-18)14-25-23(27)21-12-9-17(15-28-2)26-22(21)24/h4-13H,3,14-15H2,1-2H3,(H2,24,26)(H,25,27). The molecule has 1 amide bonds. The summed E-state index contributed by atoms with van der Waals surface area (Å²) in [5, 5.41) is 2.85. The average molecular weight is 407 g/mol. The number of carbonyl (C=O) groups excluding carboxylic acids is 1. The van der Waals surface area contributed by atoms with Gasteiger partial charge in [-0.05, 0) is 48.9 Å². The molecule has 2 aromatic carbocycles. The highest BCUT2D eigenvalue weighted by Crippen LogP contribution is 2.25. The van der Waals surface area contributed by atoms with Crippen molar-refractivity contribution in [3.63, 3.8) is 0 Å². The number of hydrogen-bond acceptors (Lipinski definition) is 6. The molecule has 0 radical (unpaired) electrons. The lowest BCUT2D eigenvalue weighted by atomic mass is 10.2. The number of nitrogens with two attached hydrogens (primary N) is 1. The van der Waals surface area contributed by atoms with Gasteiger partial charge in [0, 0.05) is 19.7 Å². The maximum Gasteiger partial charge on any atom is 0.255 e. The number of benzene rings is 2. The minimum atomic E-state index is -0.281. The molecule has 0 aliphatic rings. The van der Waals surface area contributed by atoms with Gasteiger partial charge in [-0.1, -0.05) is 18.2 Å². The lowest BCUT2D eigenvalue weighted by Gasteiger charge is -2.10. The minimum absolute atomic E-state index is 0.181. The molecule has 1 heterocycles. The molecule has 0 unspecified atom stereocenters. The lowest BCUT2D eigenvalue weighted by molar-refractivity contribution is 0.0951. The predicted molar refractivity (Wildman–Crippen MR) is 115 cm³/mol. The molecule has 0 saturated heterocycles. The van der Waals surface area contributed by atoms with Crippen LogP contribution in [0.5, 0.6) is 17.2 Å². The number of anilines is 1. The molecule has 0 spiro atoms. The van der Waals surface area contributed by atoms with Crippen molar-refractivity contribution in [1.82, 2.24) is 10.3 Å². The summed E-state index contributed by atoms with van der Waals surface area (Å²) in [6, 6.07) is 18.3. The summed E-state index contributed by atoms with van der Waals surface area (Å²) in [7, 11) is 1.58. The third-order valence-corrected chi connectivity index (χ3v) is 4.25. The highest BCUT2D eigenvalue weighted by Gasteiger charge is 2.11. The molecular weight excluding hydrogens is 382 g/mol. The van der Waals surface area contributed by atoms with E-state index in [1.807, 2.05) is 55.5 Å². The summed E-state index contributed by atoms with van der Waals surface area (Å²) in [4.78, 5) is 16.6. The first-order chi connectivity index (χ1) is 14.6. The van der Waals surface area contributed by atoms with E-state index < -0.39 is 0 Å². The van der Waals surface area contributed by atoms with Crippen LogP contribution in [0.3, 0.4) is 0 Å². The molecule has 3 rings (SSSR count). The SMILES string of the molecule is CCOc1cccc(Oc2ccc(CNC(=O)c3ccc(COC)nc3N)cc2)c1. The number of pyridine rings is 1. The number of hydrogen-bond donors (Lipinski definition) is 2. The van der Waals surface area contributed by atoms with Gasteiger partial charge in [0.25, 0.3) is 5.91 Å². The van der Waals surface area contributed by atoms with Crippen LogP contribution in [-0.2, 0) is 17.9 Å². The van der Waals surface area contributed by atoms with Gasteiger partial charge in [-0.25, -0.2) is 4.98 Å². The number of rotatable bonds is 9. The zero-order valence-electron chi connectivity index (χ0n) is 17.1. The first-order valence-electron chi connectivity index (χ1n) is 9.61. The maximum atomic E-state index is 12.4. The van der Waals surface area contributed by atoms with Crippen molar-refractivity contribution in [1.29, 1.82) is 0 Å². The fourth-order valence-corrected chi connectivity index (χ4v) is 2.82. The third-order valence-electron chi connectivity index (χ3n) is 4.25. The van der Waals surface area contributed by atoms with Gasteiger partial charge in [0.1, 0.15) is 23.1 Å². The number of nitrogens with one attached hydrogen (secondary N) is 1. The van der Waals surface area contributed by atoms with Crippen molar-refractivity contribution in [2.45, 2.75) is 20.1 Å². The Morgan fingerprint density at radius 3 is 2.50 bits per heavy atom. The third kappa shape index (κ3) is 5.71. The van der Waals surface area contributed by atoms with Crippen LogP contribution < -0.4 is 20.5 Å². The second-order valence-corrected chi connectivity index (χ2v) is 6.50. The molecule has 3 aromatic rings. The lowest BCUT2D eigenvalue weighted by Crippen LogP contribution is -2.24. The van der Waals surface area contributed by atoms with E-state index in [0.717, 1.165) is 11.3 Å². The van der Waals surface area contributed by atoms with Crippen LogP contribution in [0.4, 0.5) is 5.82 Å². The maximum absolute atomic E-state index is 12.4. The van der Waals surface area contributed by atoms with Gasteiger partial charge in [0.05, 0.1) is 24.5 Å². The van der Waals surface area contributed by atoms with Gasteiger partial charge in [-0.2, -0.15) is 0 Å². The van der Waals surface area contributed by atoms with Gasteiger partial charge in [0.15, 0.2) is 0 Å². The molecule has 0 bridgehead atoms. The van der Waals surface area contributed by atoms with Gasteiger partial charge in [-0.15, -0.1) is 0 Å². The molecule has 0 saturated carbocycles. The molecule has 0 atom stereocenters. The predicted octanol–water partition coefficient (Wildman–Crippen LogP) is 3.93. The van der Waals surface area contributed by atoms with Gasteiger partial charge in [-0.3, -0.25) is 4.79 Å². The summed E-state index contributed by atoms with van der Waals surface area (Å²) in [5.41, 5.74) is 7.83. The van der Waals surface area contributed by atoms with Crippen LogP contribution >= 0.6 is 0 Å². The van der Waals surface area contributed by atoms with E-state index in [4.69, 9.17) is 19.9 Å². The summed E-state index contributed by atoms with van der Waals surface area (Å²) in [6.45, 7) is 3.24. The van der Waals surface area contributed by atoms with Crippen molar-refractivity contribution in [3.05, 3.63) is 77.5 Å². The van der Waals surface area contributed by atoms with Gasteiger partial charge in [0.2, 0.25) is 0 Å². The van der Waals surface area contributed by atoms with E-state index in [0.29, 0.717) is 42.5 Å². The number of nitrogens with zero attached hydrogens (tertiary/aromatic N) is 1. The topological polar surface area (TPSA) is 95.7 Å². The Hall–Kier alpha value is -3.58. The van der Waals surface area contributed by atoms with Crippen molar-refractivity contribution in [2.75, 3.05) is 19.5 Å². The Labute approximate surface area is 175 Å². The van der Waals surface area contributed by atoms with Gasteiger partial charge < -0.3 is 25.3 Å². The van der Waals surface area contributed by atoms with E-state index >= 15 is 0 Å². The number of ether oxygens (including phenoxy) is 3. The molecule has 1 aromatic heterocycles. The molecule has 7 nitrogen and oxygen atoms in total. The Balaban J connectivity index is 1.57. The summed E-state index contributed by atoms with van der Waals surface area (Å²) in [5.74, 6) is 2.05. The average Bonchev–Trinajstić information content (AvgIpc) is 2.74. The largest absolute Gasteiger partial charge is 0.494 e. The van der Waals surface area contributed by atoms with Crippen LogP contribution in [0.15, 0.2) is 60.7 Å². The van der Waals surface area contributed by atoms with E-state index in [2.05, 4.69) is 10.3 Å². The second kappa shape index (κ2) is 10.3. The minimum Gasteiger partial charge on any atom is -0.494 e. The molecule has 0 aliphatic heterocycles. The van der Waals surface area contributed by atoms with Crippen molar-refractivity contribution < 1.29 is 19.0 Å². The second-order valence-electron chi connectivity index (χ2n) is 6.50. The van der Waals surface area contributed by atoms with Crippen molar-refractivity contribution in [3.8, 4) is 17.2 Å². The van der Waals surface area contributed by atoms with E-state index in [1.54, 1.807) is 19.2 Å². The monoisotopic (exact) mass is 407 g/mol. The Bertz CT molecular complexity index is 990. The first-order valence-corrected chi connectivity index (χ1v) is 9.61. The Kier molecular flexibility index (Phi) is 7.24. The smallest absolute Gasteiger partial charge is 0.255 e. The van der Waals surface area contributed by atoms with E-state index in [-0.39, 0.29) is 11.7 Å². The van der Waals surface area contributed by atoms with E-state index in [1.165, 1.54) is 0 Å². The van der Waals surface area contributed by atoms with Crippen LogP contribution in [0.2, 0.25) is 0 Å². The summed E-state index contributed by atoms with van der Waals surface area (Å²) < 4.78 is 16.4. The summed E-state index contributed by atoms with van der Waals surface area (Å²) in [6.07, 6.45) is 0. The fourth-order valence-electron chi connectivity index (χ4n) is 2.82. The Morgan fingerprint density at radius 1 is 1.03 bits per heavy atom. The normalized spacial score (nSPS) is 10.5. The highest BCUT2D eigenvalue weighted by molar-refractivity contribution is 5.98. The fraction of sp³-hybridized carbons (Fsp3) is 0.217. The zero-order valence-corrected chi connectivity index (χ0v) is 17.1. The molecule has 0 fully saturated rings. The highest BCUT2D eigenvalue weighted by atomic mass is 16.5. The van der Waals surface area contributed by atoms with E-state index in [9.17, 15) is 4.79 Å². The molecule has 7 heteroatoms. The molecular formula is C23H25N3O4. The molecule has 30 heavy (non-hydrogen) atoms. The molecule has 0 aliphatic carbocycles. The first kappa shape index (κ1) is 21.1. The zero-order chi connectivity index (χ0) is 21.3. The molecule has 3 N–H and O–H groups in total. The van der Waals surface area contributed by atoms with Crippen molar-refractivity contribution >= 4 is 11.7 Å². The summed E-state index contributed by atoms with van der Waals surface area (Å²) >= 11 is 0. The van der Waals surface area contributed by atoms with Crippen LogP contribution in [0.25, 0.3) is 0 Å².